The van der Waals surface area contributed by atoms with Crippen LogP contribution in [0, 0.1) is 22.7 Å². The van der Waals surface area contributed by atoms with Crippen molar-refractivity contribution in [1.29, 1.82) is 0 Å². The zero-order chi connectivity index (χ0) is 30.1. The quantitative estimate of drug-likeness (QED) is 0.452. The second-order valence-corrected chi connectivity index (χ2v) is 13.8. The van der Waals surface area contributed by atoms with Crippen LogP contribution < -0.4 is 10.4 Å². The largest absolute Gasteiger partial charge is 0.482 e. The van der Waals surface area contributed by atoms with Gasteiger partial charge in [0.05, 0.1) is 18.8 Å². The molecule has 2 unspecified atom stereocenters. The minimum Gasteiger partial charge on any atom is -0.482 e. The number of nitrogens with zero attached hydrogens (tertiary/aromatic N) is 1. The van der Waals surface area contributed by atoms with E-state index in [0.717, 1.165) is 25.7 Å². The Labute approximate surface area is 246 Å². The van der Waals surface area contributed by atoms with Crippen molar-refractivity contribution in [2.24, 2.45) is 22.7 Å². The minimum atomic E-state index is -1.19. The molecule has 8 atom stereocenters. The zero-order valence-corrected chi connectivity index (χ0v) is 25.5. The standard InChI is InChI=1S/C33H43NO8/c1-7-8-11-25(35)40-24-16-22-31(4,13-12-23-32(22,5)18-38-30(2,3)42-23)28-27(36)26-21(41-33(24,28)6)15-20(39-29(26)37)19-10-9-14-34-17-19/h9-10,14-15,17,22-24,27-28,36H,7-8,11-13,16,18H2,1-6H3/t22?,23-,24-,27-,28?,31-,32-,33+/m0/s1. The minimum absolute atomic E-state index is 0.0385. The van der Waals surface area contributed by atoms with Gasteiger partial charge < -0.3 is 28.5 Å². The first kappa shape index (κ1) is 29.3. The average Bonchev–Trinajstić information content (AvgIpc) is 2.93. The van der Waals surface area contributed by atoms with Gasteiger partial charge in [-0.25, -0.2) is 4.79 Å². The normalized spacial score (nSPS) is 38.2. The van der Waals surface area contributed by atoms with E-state index in [9.17, 15) is 14.7 Å². The third-order valence-corrected chi connectivity index (χ3v) is 10.7. The summed E-state index contributed by atoms with van der Waals surface area (Å²) in [6.07, 6.45) is 5.31. The van der Waals surface area contributed by atoms with Crippen LogP contribution in [0.2, 0.25) is 0 Å². The highest BCUT2D eigenvalue weighted by Crippen LogP contribution is 2.68. The van der Waals surface area contributed by atoms with Gasteiger partial charge in [0.15, 0.2) is 5.79 Å². The van der Waals surface area contributed by atoms with Crippen LogP contribution >= 0.6 is 0 Å². The maximum Gasteiger partial charge on any atom is 0.345 e. The number of aliphatic hydroxyl groups is 1. The maximum absolute atomic E-state index is 13.5. The molecule has 2 saturated carbocycles. The van der Waals surface area contributed by atoms with Gasteiger partial charge in [0.1, 0.15) is 28.8 Å². The topological polar surface area (TPSA) is 117 Å². The number of aromatic nitrogens is 1. The van der Waals surface area contributed by atoms with Crippen LogP contribution in [0.25, 0.3) is 11.3 Å². The van der Waals surface area contributed by atoms with Crippen molar-refractivity contribution in [2.45, 2.75) is 110 Å². The molecule has 0 spiro atoms. The Bertz CT molecular complexity index is 1410. The molecule has 2 aliphatic carbocycles. The molecule has 228 valence electrons. The maximum atomic E-state index is 13.5. The van der Waals surface area contributed by atoms with Crippen molar-refractivity contribution < 1.29 is 33.3 Å². The number of pyridine rings is 1. The van der Waals surface area contributed by atoms with E-state index in [1.807, 2.05) is 27.7 Å². The SMILES string of the molecule is CCCCC(=O)O[C@H]1CC2[C@](C)(CC[C@@H]3OC(C)(C)OC[C@@]23C)C2[C@@H](O)c3c(cc(-c4cccnc4)oc3=O)O[C@@]21C. The second-order valence-electron chi connectivity index (χ2n) is 13.8. The summed E-state index contributed by atoms with van der Waals surface area (Å²) in [6.45, 7) is 12.7. The van der Waals surface area contributed by atoms with Crippen molar-refractivity contribution >= 4 is 5.97 Å². The lowest BCUT2D eigenvalue weighted by molar-refractivity contribution is -0.358. The molecule has 0 radical (unpaired) electrons. The summed E-state index contributed by atoms with van der Waals surface area (Å²) in [7, 11) is 0. The molecule has 1 saturated heterocycles. The van der Waals surface area contributed by atoms with Gasteiger partial charge in [0, 0.05) is 41.8 Å². The molecule has 9 nitrogen and oxygen atoms in total. The van der Waals surface area contributed by atoms with Crippen LogP contribution in [-0.2, 0) is 19.0 Å². The molecule has 1 N–H and O–H groups in total. The Morgan fingerprint density at radius 3 is 2.69 bits per heavy atom. The number of carbonyl (C=O) groups excluding carboxylic acids is 1. The van der Waals surface area contributed by atoms with Gasteiger partial charge in [0.25, 0.3) is 0 Å². The number of rotatable bonds is 5. The molecule has 2 aliphatic heterocycles. The van der Waals surface area contributed by atoms with Crippen LogP contribution in [0.4, 0.5) is 0 Å². The summed E-state index contributed by atoms with van der Waals surface area (Å²) in [5.74, 6) is -1.02. The third-order valence-electron chi connectivity index (χ3n) is 10.7. The Kier molecular flexibility index (Phi) is 7.10. The van der Waals surface area contributed by atoms with E-state index in [2.05, 4.69) is 18.8 Å². The summed E-state index contributed by atoms with van der Waals surface area (Å²) in [6, 6.07) is 5.19. The highest BCUT2D eigenvalue weighted by atomic mass is 16.7. The molecule has 2 aromatic heterocycles. The summed E-state index contributed by atoms with van der Waals surface area (Å²) in [4.78, 5) is 30.8. The van der Waals surface area contributed by atoms with E-state index in [0.29, 0.717) is 30.8 Å². The smallest absolute Gasteiger partial charge is 0.345 e. The highest BCUT2D eigenvalue weighted by Gasteiger charge is 2.71. The average molecular weight is 582 g/mol. The number of ether oxygens (including phenoxy) is 4. The summed E-state index contributed by atoms with van der Waals surface area (Å²) >= 11 is 0. The van der Waals surface area contributed by atoms with Crippen molar-refractivity contribution in [3.05, 3.63) is 46.6 Å². The first-order valence-corrected chi connectivity index (χ1v) is 15.3. The van der Waals surface area contributed by atoms with E-state index in [-0.39, 0.29) is 29.3 Å². The third kappa shape index (κ3) is 4.50. The number of hydrogen-bond donors (Lipinski definition) is 1. The number of carbonyl (C=O) groups is 1. The summed E-state index contributed by atoms with van der Waals surface area (Å²) in [5, 5.41) is 12.2. The van der Waals surface area contributed by atoms with Gasteiger partial charge in [-0.05, 0) is 69.9 Å². The molecule has 0 aromatic carbocycles. The fourth-order valence-corrected chi connectivity index (χ4v) is 8.62. The molecular formula is C33H43NO8. The molecule has 0 bridgehead atoms. The van der Waals surface area contributed by atoms with Crippen molar-refractivity contribution in [1.82, 2.24) is 4.98 Å². The van der Waals surface area contributed by atoms with Crippen molar-refractivity contribution in [3.8, 4) is 17.1 Å². The molecule has 0 amide bonds. The lowest BCUT2D eigenvalue weighted by Crippen LogP contribution is -2.72. The second kappa shape index (κ2) is 10.2. The Morgan fingerprint density at radius 1 is 1.19 bits per heavy atom. The number of unbranched alkanes of at least 4 members (excludes halogenated alkanes) is 1. The van der Waals surface area contributed by atoms with E-state index < -0.39 is 46.0 Å². The Balaban J connectivity index is 1.46. The van der Waals surface area contributed by atoms with Gasteiger partial charge >= 0.3 is 11.6 Å². The Morgan fingerprint density at radius 2 is 1.98 bits per heavy atom. The van der Waals surface area contributed by atoms with Gasteiger partial charge in [-0.3, -0.25) is 9.78 Å². The molecule has 9 heteroatoms. The van der Waals surface area contributed by atoms with Crippen molar-refractivity contribution in [3.63, 3.8) is 0 Å². The van der Waals surface area contributed by atoms with Gasteiger partial charge in [-0.15, -0.1) is 0 Å². The molecule has 4 heterocycles. The summed E-state index contributed by atoms with van der Waals surface area (Å²) < 4.78 is 31.5. The fourth-order valence-electron chi connectivity index (χ4n) is 8.62. The molecule has 2 aromatic rings. The lowest BCUT2D eigenvalue weighted by atomic mass is 9.42. The fraction of sp³-hybridized carbons (Fsp3) is 0.667. The highest BCUT2D eigenvalue weighted by molar-refractivity contribution is 5.69. The number of hydrogen-bond acceptors (Lipinski definition) is 9. The van der Waals surface area contributed by atoms with Crippen LogP contribution in [0.5, 0.6) is 5.75 Å². The predicted molar refractivity (Wildman–Crippen MR) is 154 cm³/mol. The Hall–Kier alpha value is -2.75. The molecular weight excluding hydrogens is 538 g/mol. The van der Waals surface area contributed by atoms with Gasteiger partial charge in [-0.2, -0.15) is 0 Å². The van der Waals surface area contributed by atoms with Gasteiger partial charge in [0.2, 0.25) is 0 Å². The lowest BCUT2D eigenvalue weighted by Gasteiger charge is -2.68. The number of esters is 1. The van der Waals surface area contributed by atoms with E-state index >= 15 is 0 Å². The van der Waals surface area contributed by atoms with E-state index in [1.165, 1.54) is 0 Å². The first-order valence-electron chi connectivity index (χ1n) is 15.3. The molecule has 4 aliphatic rings. The molecule has 42 heavy (non-hydrogen) atoms. The van der Waals surface area contributed by atoms with Crippen molar-refractivity contribution in [2.75, 3.05) is 6.61 Å². The van der Waals surface area contributed by atoms with E-state index in [4.69, 9.17) is 23.4 Å². The van der Waals surface area contributed by atoms with Gasteiger partial charge in [-0.1, -0.05) is 27.2 Å². The summed E-state index contributed by atoms with van der Waals surface area (Å²) in [5.41, 5.74) is -1.90. The molecule has 3 fully saturated rings. The van der Waals surface area contributed by atoms with Crippen LogP contribution in [0.1, 0.15) is 91.7 Å². The van der Waals surface area contributed by atoms with Crippen LogP contribution in [-0.4, -0.2) is 46.3 Å². The van der Waals surface area contributed by atoms with E-state index in [1.54, 1.807) is 30.6 Å². The zero-order valence-electron chi connectivity index (χ0n) is 25.5. The predicted octanol–water partition coefficient (Wildman–Crippen LogP) is 5.58. The van der Waals surface area contributed by atoms with Crippen LogP contribution in [0.15, 0.2) is 39.8 Å². The number of fused-ring (bicyclic) bond motifs is 6. The monoisotopic (exact) mass is 581 g/mol. The number of aliphatic hydroxyl groups excluding tert-OH is 1. The first-order chi connectivity index (χ1) is 19.8. The molecule has 6 rings (SSSR count). The van der Waals surface area contributed by atoms with Crippen LogP contribution in [0.3, 0.4) is 0 Å².